The molecule has 7 aromatic carbocycles. The van der Waals surface area contributed by atoms with Crippen LogP contribution in [0.5, 0.6) is 0 Å². The predicted molar refractivity (Wildman–Crippen MR) is 257 cm³/mol. The summed E-state index contributed by atoms with van der Waals surface area (Å²) in [5, 5.41) is 2.58. The first-order valence-corrected chi connectivity index (χ1v) is 24.2. The summed E-state index contributed by atoms with van der Waals surface area (Å²) in [5.41, 5.74) is 19.0. The van der Waals surface area contributed by atoms with Gasteiger partial charge in [-0.1, -0.05) is 136 Å². The molecule has 0 saturated heterocycles. The van der Waals surface area contributed by atoms with Crippen LogP contribution in [0, 0.1) is 46.8 Å². The van der Waals surface area contributed by atoms with Crippen LogP contribution in [0.2, 0.25) is 0 Å². The quantitative estimate of drug-likeness (QED) is 0.171. The summed E-state index contributed by atoms with van der Waals surface area (Å²) >= 11 is 0. The second kappa shape index (κ2) is 12.6. The van der Waals surface area contributed by atoms with Crippen molar-refractivity contribution < 1.29 is 0 Å². The van der Waals surface area contributed by atoms with Gasteiger partial charge in [-0.05, 0) is 201 Å². The molecule has 9 aliphatic rings. The fourth-order valence-corrected chi connectivity index (χ4v) is 16.8. The van der Waals surface area contributed by atoms with Crippen molar-refractivity contribution in [2.45, 2.75) is 83.0 Å². The highest BCUT2D eigenvalue weighted by atomic mass is 15.1. The average molecular weight is 804 g/mol. The van der Waals surface area contributed by atoms with Crippen LogP contribution in [0.15, 0.2) is 152 Å². The largest absolute Gasteiger partial charge is 0.310 e. The van der Waals surface area contributed by atoms with E-state index in [1.807, 2.05) is 0 Å². The number of benzene rings is 7. The molecule has 16 rings (SSSR count). The normalized spacial score (nSPS) is 32.6. The van der Waals surface area contributed by atoms with Gasteiger partial charge in [0.25, 0.3) is 0 Å². The molecule has 1 heteroatoms. The molecule has 9 aliphatic carbocycles. The Kier molecular flexibility index (Phi) is 7.35. The number of rotatable bonds is 4. The van der Waals surface area contributed by atoms with E-state index in [9.17, 15) is 0 Å². The molecule has 7 saturated carbocycles. The van der Waals surface area contributed by atoms with Crippen LogP contribution < -0.4 is 4.90 Å². The lowest BCUT2D eigenvalue weighted by Gasteiger charge is -2.66. The third-order valence-corrected chi connectivity index (χ3v) is 19.1. The van der Waals surface area contributed by atoms with Crippen molar-refractivity contribution in [3.8, 4) is 33.4 Å². The molecule has 0 amide bonds. The SMILES string of the molecule is C[C@@H]1C2C[C@H]1C[C@@H](C)[C@@]1(C2)c2ccccc2-c2cc(N(c3ccc(-c4cccc5ccccc45)cc3)c3ccc4c(c3)-c3ccccc3[C@@]43C4CC5C[C@H](C4)CC3(C)C5)ccc21. The van der Waals surface area contributed by atoms with Crippen molar-refractivity contribution in [2.75, 3.05) is 4.90 Å². The highest BCUT2D eigenvalue weighted by Crippen LogP contribution is 2.74. The lowest BCUT2D eigenvalue weighted by Crippen LogP contribution is -2.61. The number of hydrogen-bond acceptors (Lipinski definition) is 1. The molecule has 6 bridgehead atoms. The first kappa shape index (κ1) is 36.1. The minimum Gasteiger partial charge on any atom is -0.310 e. The summed E-state index contributed by atoms with van der Waals surface area (Å²) in [7, 11) is 0. The Morgan fingerprint density at radius 1 is 0.468 bits per heavy atom. The maximum Gasteiger partial charge on any atom is 0.0468 e. The lowest BCUT2D eigenvalue weighted by molar-refractivity contribution is -0.102. The zero-order chi connectivity index (χ0) is 41.1. The van der Waals surface area contributed by atoms with E-state index in [1.165, 1.54) is 113 Å². The topological polar surface area (TPSA) is 3.24 Å². The van der Waals surface area contributed by atoms with E-state index >= 15 is 0 Å². The molecule has 2 spiro atoms. The van der Waals surface area contributed by atoms with E-state index in [0.29, 0.717) is 11.3 Å². The standard InChI is InChI=1S/C61H57N/c1-37-27-43-31-44(38(43)2)36-60(37)55-17-8-6-14-51(55)53-32-47(23-25-56(53)60)62(46-21-19-42(20-22-46)50-16-10-12-41-11-4-5-13-49(41)50)48-24-26-58-54(33-48)52-15-7-9-18-57(52)61(58)45-29-39-28-40(30-45)35-59(61,3)34-39/h4-26,32-33,37-40,43-45H,27-31,34-36H2,1-3H3/t37-,38+,39-,40?,43-,44?,45?,59?,60+,61+/m1/s1. The number of fused-ring (bicyclic) bond motifs is 8. The Morgan fingerprint density at radius 2 is 1.05 bits per heavy atom. The van der Waals surface area contributed by atoms with Crippen LogP contribution in [0.25, 0.3) is 44.2 Å². The fourth-order valence-electron chi connectivity index (χ4n) is 16.8. The van der Waals surface area contributed by atoms with Crippen molar-refractivity contribution in [3.63, 3.8) is 0 Å². The summed E-state index contributed by atoms with van der Waals surface area (Å²) in [6, 6.07) is 59.4. The zero-order valence-electron chi connectivity index (χ0n) is 36.6. The molecule has 62 heavy (non-hydrogen) atoms. The molecule has 10 atom stereocenters. The summed E-state index contributed by atoms with van der Waals surface area (Å²) in [4.78, 5) is 2.59. The smallest absolute Gasteiger partial charge is 0.0468 e. The second-order valence-electron chi connectivity index (χ2n) is 21.8. The zero-order valence-corrected chi connectivity index (χ0v) is 36.6. The van der Waals surface area contributed by atoms with Gasteiger partial charge < -0.3 is 4.90 Å². The Hall–Kier alpha value is -5.40. The Morgan fingerprint density at radius 3 is 1.79 bits per heavy atom. The van der Waals surface area contributed by atoms with Crippen LogP contribution in [-0.2, 0) is 10.8 Å². The third-order valence-electron chi connectivity index (χ3n) is 19.1. The lowest BCUT2D eigenvalue weighted by atomic mass is 9.37. The Labute approximate surface area is 368 Å². The molecule has 0 radical (unpaired) electrons. The van der Waals surface area contributed by atoms with Crippen LogP contribution in [0.4, 0.5) is 17.1 Å². The van der Waals surface area contributed by atoms with Gasteiger partial charge in [0.2, 0.25) is 0 Å². The molecule has 0 N–H and O–H groups in total. The van der Waals surface area contributed by atoms with Gasteiger partial charge in [-0.2, -0.15) is 0 Å². The molecule has 7 fully saturated rings. The first-order valence-electron chi connectivity index (χ1n) is 24.2. The van der Waals surface area contributed by atoms with Gasteiger partial charge in [-0.25, -0.2) is 0 Å². The van der Waals surface area contributed by atoms with E-state index in [-0.39, 0.29) is 10.8 Å². The molecule has 7 aromatic rings. The van der Waals surface area contributed by atoms with Gasteiger partial charge in [0.05, 0.1) is 0 Å². The number of hydrogen-bond donors (Lipinski definition) is 0. The van der Waals surface area contributed by atoms with Crippen molar-refractivity contribution >= 4 is 27.8 Å². The number of anilines is 3. The van der Waals surface area contributed by atoms with Gasteiger partial charge in [0.15, 0.2) is 0 Å². The molecular weight excluding hydrogens is 747 g/mol. The molecule has 1 nitrogen and oxygen atoms in total. The third kappa shape index (κ3) is 4.55. The minimum absolute atomic E-state index is 0.0833. The van der Waals surface area contributed by atoms with Crippen molar-refractivity contribution in [3.05, 3.63) is 174 Å². The summed E-state index contributed by atoms with van der Waals surface area (Å²) in [6.07, 6.45) is 11.0. The van der Waals surface area contributed by atoms with Gasteiger partial charge in [0.1, 0.15) is 0 Å². The monoisotopic (exact) mass is 803 g/mol. The summed E-state index contributed by atoms with van der Waals surface area (Å²) < 4.78 is 0. The minimum atomic E-state index is 0.0833. The van der Waals surface area contributed by atoms with Gasteiger partial charge in [0, 0.05) is 27.9 Å². The van der Waals surface area contributed by atoms with Gasteiger partial charge in [-0.15, -0.1) is 0 Å². The predicted octanol–water partition coefficient (Wildman–Crippen LogP) is 16.1. The highest BCUT2D eigenvalue weighted by Gasteiger charge is 2.67. The molecule has 0 aliphatic heterocycles. The molecule has 0 aromatic heterocycles. The van der Waals surface area contributed by atoms with E-state index < -0.39 is 0 Å². The van der Waals surface area contributed by atoms with Gasteiger partial charge in [-0.3, -0.25) is 0 Å². The van der Waals surface area contributed by atoms with Crippen molar-refractivity contribution in [1.82, 2.24) is 0 Å². The van der Waals surface area contributed by atoms with Crippen LogP contribution in [0.3, 0.4) is 0 Å². The maximum atomic E-state index is 2.69. The molecule has 4 unspecified atom stereocenters. The summed E-state index contributed by atoms with van der Waals surface area (Å²) in [5.74, 6) is 5.69. The first-order chi connectivity index (χ1) is 30.3. The van der Waals surface area contributed by atoms with Gasteiger partial charge >= 0.3 is 0 Å². The summed E-state index contributed by atoms with van der Waals surface area (Å²) in [6.45, 7) is 7.81. The van der Waals surface area contributed by atoms with Crippen LogP contribution >= 0.6 is 0 Å². The molecular formula is C61H57N. The maximum absolute atomic E-state index is 2.69. The Bertz CT molecular complexity index is 2970. The van der Waals surface area contributed by atoms with Crippen LogP contribution in [0.1, 0.15) is 94.4 Å². The molecule has 306 valence electrons. The Balaban J connectivity index is 0.954. The van der Waals surface area contributed by atoms with Crippen LogP contribution in [-0.4, -0.2) is 0 Å². The van der Waals surface area contributed by atoms with E-state index in [2.05, 4.69) is 177 Å². The molecule has 0 heterocycles. The average Bonchev–Trinajstić information content (AvgIpc) is 3.64. The van der Waals surface area contributed by atoms with E-state index in [1.54, 1.807) is 22.3 Å². The van der Waals surface area contributed by atoms with Crippen molar-refractivity contribution in [2.24, 2.45) is 46.8 Å². The number of nitrogens with zero attached hydrogens (tertiary/aromatic N) is 1. The highest BCUT2D eigenvalue weighted by molar-refractivity contribution is 5.97. The van der Waals surface area contributed by atoms with Crippen molar-refractivity contribution in [1.29, 1.82) is 0 Å². The van der Waals surface area contributed by atoms with E-state index in [0.717, 1.165) is 35.5 Å². The fraction of sp³-hybridized carbons (Fsp3) is 0.344. The van der Waals surface area contributed by atoms with E-state index in [4.69, 9.17) is 0 Å². The second-order valence-corrected chi connectivity index (χ2v) is 21.8.